The van der Waals surface area contributed by atoms with Crippen molar-refractivity contribution in [2.75, 3.05) is 17.2 Å². The smallest absolute Gasteiger partial charge is 0.319 e. The number of fused-ring (bicyclic) bond motifs is 1. The third-order valence-corrected chi connectivity index (χ3v) is 5.06. The van der Waals surface area contributed by atoms with Crippen LogP contribution in [0.15, 0.2) is 48.9 Å². The molecule has 1 aliphatic heterocycles. The predicted molar refractivity (Wildman–Crippen MR) is 102 cm³/mol. The second-order valence-corrected chi connectivity index (χ2v) is 6.99. The largest absolute Gasteiger partial charge is 0.322 e. The maximum atomic E-state index is 12.5. The summed E-state index contributed by atoms with van der Waals surface area (Å²) in [6.07, 6.45) is 5.02. The van der Waals surface area contributed by atoms with Gasteiger partial charge in [0.2, 0.25) is 0 Å². The van der Waals surface area contributed by atoms with Crippen LogP contribution in [0.2, 0.25) is 0 Å². The van der Waals surface area contributed by atoms with Crippen molar-refractivity contribution in [2.45, 2.75) is 13.0 Å². The van der Waals surface area contributed by atoms with Crippen molar-refractivity contribution in [2.24, 2.45) is 0 Å². The van der Waals surface area contributed by atoms with E-state index in [1.807, 2.05) is 30.3 Å². The van der Waals surface area contributed by atoms with Gasteiger partial charge in [-0.3, -0.25) is 15.1 Å². The van der Waals surface area contributed by atoms with Crippen LogP contribution in [0.4, 0.5) is 15.6 Å². The quantitative estimate of drug-likeness (QED) is 0.728. The summed E-state index contributed by atoms with van der Waals surface area (Å²) in [7, 11) is 0. The Kier molecular flexibility index (Phi) is 4.75. The molecule has 0 saturated carbocycles. The summed E-state index contributed by atoms with van der Waals surface area (Å²) in [4.78, 5) is 39.7. The zero-order valence-electron chi connectivity index (χ0n) is 14.3. The second kappa shape index (κ2) is 7.50. The van der Waals surface area contributed by atoms with E-state index in [2.05, 4.69) is 25.6 Å². The molecule has 0 aliphatic carbocycles. The van der Waals surface area contributed by atoms with Crippen LogP contribution in [0, 0.1) is 0 Å². The molecule has 9 heteroatoms. The molecular weight excluding hydrogens is 364 g/mol. The van der Waals surface area contributed by atoms with Crippen molar-refractivity contribution in [1.82, 2.24) is 19.9 Å². The summed E-state index contributed by atoms with van der Waals surface area (Å²) >= 11 is 1.37. The lowest BCUT2D eigenvalue weighted by Crippen LogP contribution is -2.38. The molecule has 0 saturated heterocycles. The van der Waals surface area contributed by atoms with Crippen LogP contribution in [-0.4, -0.2) is 38.3 Å². The monoisotopic (exact) mass is 380 g/mol. The fourth-order valence-corrected chi connectivity index (χ4v) is 3.74. The number of nitrogens with zero attached hydrogens (tertiary/aromatic N) is 4. The van der Waals surface area contributed by atoms with Crippen molar-refractivity contribution >= 4 is 34.1 Å². The number of hydrogen-bond acceptors (Lipinski definition) is 6. The summed E-state index contributed by atoms with van der Waals surface area (Å²) in [5, 5.41) is 6.14. The molecule has 27 heavy (non-hydrogen) atoms. The number of hydrogen-bond donors (Lipinski definition) is 2. The van der Waals surface area contributed by atoms with Crippen LogP contribution in [0.3, 0.4) is 0 Å². The predicted octanol–water partition coefficient (Wildman–Crippen LogP) is 2.78. The van der Waals surface area contributed by atoms with E-state index in [0.29, 0.717) is 24.6 Å². The van der Waals surface area contributed by atoms with Crippen molar-refractivity contribution in [1.29, 1.82) is 0 Å². The Bertz CT molecular complexity index is 960. The first kappa shape index (κ1) is 17.1. The number of aromatic nitrogens is 3. The molecule has 0 unspecified atom stereocenters. The Morgan fingerprint density at radius 3 is 2.74 bits per heavy atom. The number of nitrogens with one attached hydrogen (secondary N) is 2. The highest BCUT2D eigenvalue weighted by Gasteiger charge is 2.25. The third-order valence-electron chi connectivity index (χ3n) is 4.06. The van der Waals surface area contributed by atoms with Crippen molar-refractivity contribution in [3.05, 3.63) is 65.2 Å². The Labute approximate surface area is 159 Å². The lowest BCUT2D eigenvalue weighted by atomic mass is 10.2. The number of amides is 3. The first-order valence-electron chi connectivity index (χ1n) is 8.36. The van der Waals surface area contributed by atoms with E-state index in [4.69, 9.17) is 0 Å². The van der Waals surface area contributed by atoms with Gasteiger partial charge < -0.3 is 10.2 Å². The number of benzene rings is 1. The van der Waals surface area contributed by atoms with Crippen LogP contribution >= 0.6 is 11.3 Å². The average Bonchev–Trinajstić information content (AvgIpc) is 3.10. The van der Waals surface area contributed by atoms with E-state index >= 15 is 0 Å². The van der Waals surface area contributed by atoms with Gasteiger partial charge in [-0.2, -0.15) is 0 Å². The normalized spacial score (nSPS) is 13.0. The van der Waals surface area contributed by atoms with Gasteiger partial charge in [0.25, 0.3) is 5.91 Å². The number of rotatable bonds is 3. The number of urea groups is 1. The molecule has 2 aromatic heterocycles. The van der Waals surface area contributed by atoms with Crippen molar-refractivity contribution in [3.8, 4) is 0 Å². The van der Waals surface area contributed by atoms with Gasteiger partial charge in [0, 0.05) is 35.9 Å². The molecular formula is C18H16N6O2S. The molecule has 3 heterocycles. The summed E-state index contributed by atoms with van der Waals surface area (Å²) in [5.74, 6) is -0.354. The molecule has 2 N–H and O–H groups in total. The number of carbonyl (C=O) groups is 2. The van der Waals surface area contributed by atoms with Gasteiger partial charge >= 0.3 is 6.03 Å². The van der Waals surface area contributed by atoms with Crippen molar-refractivity contribution < 1.29 is 9.59 Å². The highest BCUT2D eigenvalue weighted by molar-refractivity contribution is 7.15. The van der Waals surface area contributed by atoms with Crippen molar-refractivity contribution in [3.63, 3.8) is 0 Å². The fourth-order valence-electron chi connectivity index (χ4n) is 2.72. The topological polar surface area (TPSA) is 100 Å². The highest BCUT2D eigenvalue weighted by Crippen LogP contribution is 2.28. The lowest BCUT2D eigenvalue weighted by Gasteiger charge is -2.26. The summed E-state index contributed by atoms with van der Waals surface area (Å²) in [6.45, 7) is 1.04. The molecule has 3 aromatic rings. The zero-order valence-corrected chi connectivity index (χ0v) is 15.1. The minimum Gasteiger partial charge on any atom is -0.319 e. The molecule has 1 aromatic carbocycles. The first-order valence-corrected chi connectivity index (χ1v) is 9.17. The van der Waals surface area contributed by atoms with Gasteiger partial charge in [-0.25, -0.2) is 14.8 Å². The van der Waals surface area contributed by atoms with Gasteiger partial charge in [0.1, 0.15) is 5.69 Å². The van der Waals surface area contributed by atoms with E-state index in [1.165, 1.54) is 29.9 Å². The third kappa shape index (κ3) is 3.93. The Hall–Kier alpha value is -3.33. The summed E-state index contributed by atoms with van der Waals surface area (Å²) in [5.41, 5.74) is 1.90. The lowest BCUT2D eigenvalue weighted by molar-refractivity contribution is 0.102. The minimum absolute atomic E-state index is 0.148. The molecule has 0 spiro atoms. The maximum absolute atomic E-state index is 12.5. The molecule has 1 aliphatic rings. The second-order valence-electron chi connectivity index (χ2n) is 5.90. The number of anilines is 2. The highest BCUT2D eigenvalue weighted by atomic mass is 32.1. The standard InChI is InChI=1S/C18H16N6O2S/c25-16(14-10-19-7-8-20-14)23-17-22-13-6-9-24(11-15(13)27-17)18(26)21-12-4-2-1-3-5-12/h1-5,7-8,10H,6,9,11H2,(H,21,26)(H,22,23,25). The number of thiazole rings is 1. The van der Waals surface area contributed by atoms with E-state index < -0.39 is 0 Å². The summed E-state index contributed by atoms with van der Waals surface area (Å²) < 4.78 is 0. The number of para-hydroxylation sites is 1. The molecule has 4 rings (SSSR count). The van der Waals surface area contributed by atoms with Crippen LogP contribution in [0.1, 0.15) is 21.1 Å². The SMILES string of the molecule is O=C(Nc1nc2c(s1)CN(C(=O)Nc1ccccc1)CC2)c1cnccn1. The van der Waals surface area contributed by atoms with Crippen LogP contribution in [0.25, 0.3) is 0 Å². The van der Waals surface area contributed by atoms with Crippen LogP contribution in [-0.2, 0) is 13.0 Å². The molecule has 8 nitrogen and oxygen atoms in total. The molecule has 0 bridgehead atoms. The Morgan fingerprint density at radius 2 is 1.96 bits per heavy atom. The molecule has 0 radical (unpaired) electrons. The molecule has 136 valence electrons. The minimum atomic E-state index is -0.354. The van der Waals surface area contributed by atoms with E-state index in [9.17, 15) is 9.59 Å². The fraction of sp³-hybridized carbons (Fsp3) is 0.167. The van der Waals surface area contributed by atoms with Gasteiger partial charge in [-0.05, 0) is 12.1 Å². The Morgan fingerprint density at radius 1 is 1.11 bits per heavy atom. The molecule has 0 atom stereocenters. The van der Waals surface area contributed by atoms with Gasteiger partial charge in [-0.1, -0.05) is 29.5 Å². The maximum Gasteiger partial charge on any atom is 0.322 e. The molecule has 3 amide bonds. The van der Waals surface area contributed by atoms with E-state index in [-0.39, 0.29) is 17.6 Å². The van der Waals surface area contributed by atoms with Gasteiger partial charge in [0.15, 0.2) is 5.13 Å². The van der Waals surface area contributed by atoms with E-state index in [1.54, 1.807) is 4.90 Å². The van der Waals surface area contributed by atoms with Crippen LogP contribution < -0.4 is 10.6 Å². The van der Waals surface area contributed by atoms with Gasteiger partial charge in [-0.15, -0.1) is 0 Å². The average molecular weight is 380 g/mol. The summed E-state index contributed by atoms with van der Waals surface area (Å²) in [6, 6.07) is 9.20. The van der Waals surface area contributed by atoms with E-state index in [0.717, 1.165) is 16.3 Å². The number of carbonyl (C=O) groups excluding carboxylic acids is 2. The van der Waals surface area contributed by atoms with Crippen LogP contribution in [0.5, 0.6) is 0 Å². The van der Waals surface area contributed by atoms with Gasteiger partial charge in [0.05, 0.1) is 18.4 Å². The zero-order chi connectivity index (χ0) is 18.6. The molecule has 0 fully saturated rings. The Balaban J connectivity index is 1.41. The first-order chi connectivity index (χ1) is 13.2.